The highest BCUT2D eigenvalue weighted by atomic mass is 79.9. The summed E-state index contributed by atoms with van der Waals surface area (Å²) in [5.41, 5.74) is 3.68. The van der Waals surface area contributed by atoms with Gasteiger partial charge in [-0.2, -0.15) is 0 Å². The summed E-state index contributed by atoms with van der Waals surface area (Å²) in [6.07, 6.45) is 1.85. The van der Waals surface area contributed by atoms with Crippen LogP contribution in [0.4, 0.5) is 0 Å². The molecule has 4 rings (SSSR count). The number of carbonyl (C=O) groups is 1. The van der Waals surface area contributed by atoms with Crippen molar-refractivity contribution in [2.75, 3.05) is 21.3 Å². The third-order valence-corrected chi connectivity index (χ3v) is 5.75. The number of cyclic esters (lactones) is 1. The van der Waals surface area contributed by atoms with E-state index >= 15 is 0 Å². The van der Waals surface area contributed by atoms with Gasteiger partial charge in [-0.05, 0) is 75.1 Å². The van der Waals surface area contributed by atoms with Crippen molar-refractivity contribution < 1.29 is 23.7 Å². The lowest BCUT2D eigenvalue weighted by Gasteiger charge is -2.09. The highest BCUT2D eigenvalue weighted by molar-refractivity contribution is 9.10. The summed E-state index contributed by atoms with van der Waals surface area (Å²) in [5.74, 6) is 2.24. The molecule has 1 aliphatic rings. The molecule has 32 heavy (non-hydrogen) atoms. The molecule has 0 saturated carbocycles. The van der Waals surface area contributed by atoms with Crippen LogP contribution in [0.2, 0.25) is 0 Å². The minimum atomic E-state index is -0.403. The number of hydrogen-bond acceptors (Lipinski definition) is 5. The van der Waals surface area contributed by atoms with Gasteiger partial charge < -0.3 is 18.9 Å². The van der Waals surface area contributed by atoms with Crippen molar-refractivity contribution in [3.8, 4) is 17.2 Å². The standard InChI is InChI=1S/C26H21BrO5/c1-29-19-9-5-17(6-10-19)24-23(15-16-4-13-22(31-3)21(27)14-16)32-26(28)25(24)18-7-11-20(30-2)12-8-18/h4-15H,1-3H3/b23-15-. The SMILES string of the molecule is COc1ccc(C2=C(c3ccc(OC)cc3)/C(=C/c3ccc(OC)c(Br)c3)OC2=O)cc1. The normalized spacial score (nSPS) is 14.5. The quantitative estimate of drug-likeness (QED) is 0.396. The fourth-order valence-electron chi connectivity index (χ4n) is 3.52. The van der Waals surface area contributed by atoms with Crippen molar-refractivity contribution in [1.82, 2.24) is 0 Å². The van der Waals surface area contributed by atoms with Crippen LogP contribution in [0.25, 0.3) is 17.2 Å². The van der Waals surface area contributed by atoms with Gasteiger partial charge in [0.1, 0.15) is 23.0 Å². The predicted molar refractivity (Wildman–Crippen MR) is 128 cm³/mol. The second-order valence-corrected chi connectivity index (χ2v) is 7.85. The van der Waals surface area contributed by atoms with Gasteiger partial charge in [-0.15, -0.1) is 0 Å². The number of allylic oxidation sites excluding steroid dienone is 1. The summed E-state index contributed by atoms with van der Waals surface area (Å²) in [7, 11) is 4.84. The molecular weight excluding hydrogens is 472 g/mol. The molecule has 0 radical (unpaired) electrons. The fourth-order valence-corrected chi connectivity index (χ4v) is 4.08. The van der Waals surface area contributed by atoms with E-state index in [0.717, 1.165) is 38.2 Å². The Labute approximate surface area is 195 Å². The first-order valence-electron chi connectivity index (χ1n) is 9.85. The molecule has 0 aromatic heterocycles. The van der Waals surface area contributed by atoms with Gasteiger partial charge in [-0.3, -0.25) is 0 Å². The molecule has 1 aliphatic heterocycles. The zero-order chi connectivity index (χ0) is 22.7. The van der Waals surface area contributed by atoms with Crippen molar-refractivity contribution in [2.24, 2.45) is 0 Å². The van der Waals surface area contributed by atoms with Crippen LogP contribution in [-0.2, 0) is 9.53 Å². The van der Waals surface area contributed by atoms with Crippen LogP contribution < -0.4 is 14.2 Å². The second kappa shape index (κ2) is 9.32. The number of benzene rings is 3. The summed E-state index contributed by atoms with van der Waals surface area (Å²) >= 11 is 3.51. The largest absolute Gasteiger partial charge is 0.497 e. The molecule has 3 aromatic rings. The van der Waals surface area contributed by atoms with E-state index in [1.54, 1.807) is 21.3 Å². The smallest absolute Gasteiger partial charge is 0.344 e. The zero-order valence-electron chi connectivity index (χ0n) is 17.8. The van der Waals surface area contributed by atoms with E-state index in [4.69, 9.17) is 18.9 Å². The number of ether oxygens (including phenoxy) is 4. The van der Waals surface area contributed by atoms with E-state index < -0.39 is 5.97 Å². The molecule has 0 amide bonds. The molecule has 162 valence electrons. The Hall–Kier alpha value is -3.51. The Morgan fingerprint density at radius 3 is 1.81 bits per heavy atom. The predicted octanol–water partition coefficient (Wildman–Crippen LogP) is 5.98. The minimum absolute atomic E-state index is 0.403. The third-order valence-electron chi connectivity index (χ3n) is 5.13. The van der Waals surface area contributed by atoms with Crippen LogP contribution in [-0.4, -0.2) is 27.3 Å². The Kier molecular flexibility index (Phi) is 6.32. The molecule has 0 aliphatic carbocycles. The van der Waals surface area contributed by atoms with Crippen molar-refractivity contribution in [3.05, 3.63) is 93.7 Å². The Morgan fingerprint density at radius 1 is 0.750 bits per heavy atom. The molecular formula is C26H21BrO5. The van der Waals surface area contributed by atoms with Gasteiger partial charge in [0, 0.05) is 5.57 Å². The zero-order valence-corrected chi connectivity index (χ0v) is 19.4. The van der Waals surface area contributed by atoms with Gasteiger partial charge in [-0.1, -0.05) is 30.3 Å². The van der Waals surface area contributed by atoms with E-state index in [1.807, 2.05) is 72.8 Å². The van der Waals surface area contributed by atoms with E-state index in [-0.39, 0.29) is 0 Å². The van der Waals surface area contributed by atoms with Crippen LogP contribution in [0, 0.1) is 0 Å². The second-order valence-electron chi connectivity index (χ2n) is 7.00. The van der Waals surface area contributed by atoms with Crippen LogP contribution in [0.5, 0.6) is 17.2 Å². The van der Waals surface area contributed by atoms with Crippen molar-refractivity contribution in [1.29, 1.82) is 0 Å². The van der Waals surface area contributed by atoms with E-state index in [2.05, 4.69) is 15.9 Å². The maximum absolute atomic E-state index is 13.0. The van der Waals surface area contributed by atoms with E-state index in [0.29, 0.717) is 17.1 Å². The van der Waals surface area contributed by atoms with Crippen LogP contribution in [0.1, 0.15) is 16.7 Å². The van der Waals surface area contributed by atoms with Crippen LogP contribution in [0.15, 0.2) is 77.0 Å². The molecule has 0 fully saturated rings. The van der Waals surface area contributed by atoms with Crippen molar-refractivity contribution in [2.45, 2.75) is 0 Å². The van der Waals surface area contributed by atoms with Gasteiger partial charge in [0.2, 0.25) is 0 Å². The summed E-state index contributed by atoms with van der Waals surface area (Å²) in [5, 5.41) is 0. The molecule has 0 spiro atoms. The molecule has 0 N–H and O–H groups in total. The summed E-state index contributed by atoms with van der Waals surface area (Å²) < 4.78 is 22.4. The van der Waals surface area contributed by atoms with E-state index in [1.165, 1.54) is 0 Å². The molecule has 0 saturated heterocycles. The van der Waals surface area contributed by atoms with Gasteiger partial charge in [0.15, 0.2) is 0 Å². The minimum Gasteiger partial charge on any atom is -0.497 e. The number of methoxy groups -OCH3 is 3. The summed E-state index contributed by atoms with van der Waals surface area (Å²) in [6, 6.07) is 20.6. The number of carbonyl (C=O) groups excluding carboxylic acids is 1. The monoisotopic (exact) mass is 492 g/mol. The lowest BCUT2D eigenvalue weighted by molar-refractivity contribution is -0.131. The molecule has 1 heterocycles. The first-order chi connectivity index (χ1) is 15.5. The average Bonchev–Trinajstić information content (AvgIpc) is 3.14. The van der Waals surface area contributed by atoms with Gasteiger partial charge in [0.25, 0.3) is 0 Å². The maximum Gasteiger partial charge on any atom is 0.344 e. The van der Waals surface area contributed by atoms with E-state index in [9.17, 15) is 4.79 Å². The topological polar surface area (TPSA) is 54.0 Å². The molecule has 0 unspecified atom stereocenters. The number of rotatable bonds is 6. The Bertz CT molecular complexity index is 1210. The lowest BCUT2D eigenvalue weighted by atomic mass is 9.94. The molecule has 6 heteroatoms. The van der Waals surface area contributed by atoms with Crippen molar-refractivity contribution in [3.63, 3.8) is 0 Å². The fraction of sp³-hybridized carbons (Fsp3) is 0.115. The van der Waals surface area contributed by atoms with Crippen LogP contribution in [0.3, 0.4) is 0 Å². The molecule has 0 atom stereocenters. The molecule has 0 bridgehead atoms. The number of hydrogen-bond donors (Lipinski definition) is 0. The average molecular weight is 493 g/mol. The van der Waals surface area contributed by atoms with Gasteiger partial charge in [-0.25, -0.2) is 4.79 Å². The van der Waals surface area contributed by atoms with Crippen molar-refractivity contribution >= 4 is 39.1 Å². The van der Waals surface area contributed by atoms with Gasteiger partial charge in [0.05, 0.1) is 31.4 Å². The maximum atomic E-state index is 13.0. The Balaban J connectivity index is 1.87. The lowest BCUT2D eigenvalue weighted by Crippen LogP contribution is -1.98. The van der Waals surface area contributed by atoms with Gasteiger partial charge >= 0.3 is 5.97 Å². The highest BCUT2D eigenvalue weighted by Gasteiger charge is 2.32. The molecule has 3 aromatic carbocycles. The summed E-state index contributed by atoms with van der Waals surface area (Å²) in [6.45, 7) is 0. The first kappa shape index (κ1) is 21.7. The van der Waals surface area contributed by atoms with Crippen LogP contribution >= 0.6 is 15.9 Å². The molecule has 5 nitrogen and oxygen atoms in total. The third kappa shape index (κ3) is 4.27. The highest BCUT2D eigenvalue weighted by Crippen LogP contribution is 2.41. The number of esters is 1. The Morgan fingerprint density at radius 2 is 1.31 bits per heavy atom. The first-order valence-corrected chi connectivity index (χ1v) is 10.6. The number of halogens is 1. The summed E-state index contributed by atoms with van der Waals surface area (Å²) in [4.78, 5) is 13.0.